The predicted molar refractivity (Wildman–Crippen MR) is 86.1 cm³/mol. The fraction of sp³-hybridized carbons (Fsp3) is 0.500. The number of ether oxygens (including phenoxy) is 1. The number of carbonyl (C=O) groups excluding carboxylic acids is 2. The van der Waals surface area contributed by atoms with Crippen molar-refractivity contribution >= 4 is 21.7 Å². The van der Waals surface area contributed by atoms with Crippen molar-refractivity contribution in [2.75, 3.05) is 18.1 Å². The summed E-state index contributed by atoms with van der Waals surface area (Å²) in [6.07, 6.45) is 0.401. The first-order chi connectivity index (χ1) is 10.7. The Morgan fingerprint density at radius 2 is 1.83 bits per heavy atom. The van der Waals surface area contributed by atoms with Crippen LogP contribution in [0.25, 0.3) is 0 Å². The summed E-state index contributed by atoms with van der Waals surface area (Å²) in [5.74, 6) is -1.00. The Balaban J connectivity index is 1.91. The molecule has 126 valence electrons. The van der Waals surface area contributed by atoms with Gasteiger partial charge in [0.15, 0.2) is 16.4 Å². The number of carbonyl (C=O) groups is 2. The van der Waals surface area contributed by atoms with Crippen molar-refractivity contribution in [2.24, 2.45) is 0 Å². The lowest BCUT2D eigenvalue weighted by Crippen LogP contribution is -2.38. The maximum Gasteiger partial charge on any atom is 0.339 e. The molecule has 2 rings (SSSR count). The summed E-state index contributed by atoms with van der Waals surface area (Å²) in [6, 6.07) is 3.37. The van der Waals surface area contributed by atoms with E-state index in [0.717, 1.165) is 16.7 Å². The summed E-state index contributed by atoms with van der Waals surface area (Å²) in [6.45, 7) is 5.17. The fourth-order valence-electron chi connectivity index (χ4n) is 2.88. The molecule has 1 aliphatic heterocycles. The van der Waals surface area contributed by atoms with Crippen LogP contribution < -0.4 is 5.32 Å². The van der Waals surface area contributed by atoms with E-state index in [0.29, 0.717) is 12.0 Å². The largest absolute Gasteiger partial charge is 0.452 e. The number of hydrogen-bond acceptors (Lipinski definition) is 5. The van der Waals surface area contributed by atoms with Crippen molar-refractivity contribution in [1.82, 2.24) is 5.32 Å². The molecule has 1 amide bonds. The number of nitrogens with one attached hydrogen (secondary N) is 1. The van der Waals surface area contributed by atoms with Gasteiger partial charge in [-0.2, -0.15) is 0 Å². The van der Waals surface area contributed by atoms with Gasteiger partial charge >= 0.3 is 5.97 Å². The number of rotatable bonds is 4. The van der Waals surface area contributed by atoms with Gasteiger partial charge in [-0.1, -0.05) is 17.7 Å². The Bertz CT molecular complexity index is 716. The fourth-order valence-corrected chi connectivity index (χ4v) is 4.56. The average Bonchev–Trinajstić information content (AvgIpc) is 2.74. The highest BCUT2D eigenvalue weighted by Gasteiger charge is 2.29. The minimum Gasteiger partial charge on any atom is -0.452 e. The zero-order valence-electron chi connectivity index (χ0n) is 13.5. The highest BCUT2D eigenvalue weighted by molar-refractivity contribution is 7.91. The quantitative estimate of drug-likeness (QED) is 0.829. The second-order valence-electron chi connectivity index (χ2n) is 6.02. The molecule has 1 aromatic rings. The van der Waals surface area contributed by atoms with E-state index in [4.69, 9.17) is 4.74 Å². The van der Waals surface area contributed by atoms with E-state index in [2.05, 4.69) is 5.32 Å². The summed E-state index contributed by atoms with van der Waals surface area (Å²) in [5, 5.41) is 2.58. The van der Waals surface area contributed by atoms with E-state index in [1.165, 1.54) is 0 Å². The van der Waals surface area contributed by atoms with Crippen LogP contribution in [0.2, 0.25) is 0 Å². The molecule has 1 saturated heterocycles. The van der Waals surface area contributed by atoms with Gasteiger partial charge < -0.3 is 10.1 Å². The van der Waals surface area contributed by atoms with Crippen LogP contribution in [0, 0.1) is 20.8 Å². The second kappa shape index (κ2) is 6.70. The average molecular weight is 339 g/mol. The third-order valence-electron chi connectivity index (χ3n) is 3.81. The number of esters is 1. The Hall–Kier alpha value is -1.89. The third kappa shape index (κ3) is 4.54. The monoisotopic (exact) mass is 339 g/mol. The summed E-state index contributed by atoms with van der Waals surface area (Å²) in [7, 11) is -3.05. The van der Waals surface area contributed by atoms with Crippen molar-refractivity contribution in [3.63, 3.8) is 0 Å². The van der Waals surface area contributed by atoms with Gasteiger partial charge in [0.25, 0.3) is 5.91 Å². The molecule has 0 aliphatic carbocycles. The van der Waals surface area contributed by atoms with Gasteiger partial charge in [0.1, 0.15) is 0 Å². The van der Waals surface area contributed by atoms with Crippen molar-refractivity contribution in [3.05, 3.63) is 34.4 Å². The topological polar surface area (TPSA) is 89.5 Å². The van der Waals surface area contributed by atoms with Gasteiger partial charge in [0, 0.05) is 6.04 Å². The molecule has 7 heteroatoms. The highest BCUT2D eigenvalue weighted by atomic mass is 32.2. The molecule has 1 aliphatic rings. The molecule has 1 aromatic carbocycles. The molecule has 6 nitrogen and oxygen atoms in total. The van der Waals surface area contributed by atoms with E-state index in [1.807, 2.05) is 32.9 Å². The number of amides is 1. The number of aryl methyl sites for hydroxylation is 3. The minimum atomic E-state index is -3.05. The standard InChI is InChI=1S/C16H21NO5S/c1-10-6-11(2)15(12(3)7-10)16(19)22-8-14(18)17-13-4-5-23(20,21)9-13/h6-7,13H,4-5,8-9H2,1-3H3,(H,17,18)/t13-/m0/s1. The van der Waals surface area contributed by atoms with Crippen LogP contribution in [0.15, 0.2) is 12.1 Å². The van der Waals surface area contributed by atoms with E-state index in [1.54, 1.807) is 0 Å². The lowest BCUT2D eigenvalue weighted by Gasteiger charge is -2.13. The first kappa shape index (κ1) is 17.5. The Kier molecular flexibility index (Phi) is 5.09. The van der Waals surface area contributed by atoms with Gasteiger partial charge in [0.05, 0.1) is 17.1 Å². The Morgan fingerprint density at radius 3 is 2.35 bits per heavy atom. The van der Waals surface area contributed by atoms with E-state index in [-0.39, 0.29) is 11.5 Å². The van der Waals surface area contributed by atoms with Crippen molar-refractivity contribution in [2.45, 2.75) is 33.2 Å². The van der Waals surface area contributed by atoms with Crippen molar-refractivity contribution in [1.29, 1.82) is 0 Å². The van der Waals surface area contributed by atoms with Crippen LogP contribution in [0.3, 0.4) is 0 Å². The maximum absolute atomic E-state index is 12.1. The van der Waals surface area contributed by atoms with Crippen molar-refractivity contribution < 1.29 is 22.7 Å². The van der Waals surface area contributed by atoms with Crippen molar-refractivity contribution in [3.8, 4) is 0 Å². The van der Waals surface area contributed by atoms with Gasteiger partial charge in [0.2, 0.25) is 0 Å². The molecule has 1 atom stereocenters. The Labute approximate surface area is 136 Å². The summed E-state index contributed by atoms with van der Waals surface area (Å²) in [4.78, 5) is 23.9. The van der Waals surface area contributed by atoms with Crippen LogP contribution in [-0.4, -0.2) is 44.4 Å². The maximum atomic E-state index is 12.1. The molecule has 1 fully saturated rings. The first-order valence-corrected chi connectivity index (χ1v) is 9.25. The third-order valence-corrected chi connectivity index (χ3v) is 5.58. The predicted octanol–water partition coefficient (Wildman–Crippen LogP) is 1.07. The molecular weight excluding hydrogens is 318 g/mol. The molecular formula is C16H21NO5S. The minimum absolute atomic E-state index is 0.0527. The van der Waals surface area contributed by atoms with E-state index < -0.39 is 34.4 Å². The molecule has 0 aromatic heterocycles. The molecule has 0 bridgehead atoms. The molecule has 0 spiro atoms. The van der Waals surface area contributed by atoms with Crippen LogP contribution in [-0.2, 0) is 19.4 Å². The van der Waals surface area contributed by atoms with Gasteiger partial charge in [-0.3, -0.25) is 4.79 Å². The molecule has 23 heavy (non-hydrogen) atoms. The lowest BCUT2D eigenvalue weighted by atomic mass is 10.00. The SMILES string of the molecule is Cc1cc(C)c(C(=O)OCC(=O)N[C@H]2CCS(=O)(=O)C2)c(C)c1. The van der Waals surface area contributed by atoms with Gasteiger partial charge in [-0.15, -0.1) is 0 Å². The van der Waals surface area contributed by atoms with Crippen LogP contribution >= 0.6 is 0 Å². The zero-order valence-corrected chi connectivity index (χ0v) is 14.3. The summed E-state index contributed by atoms with van der Waals surface area (Å²) in [5.41, 5.74) is 3.12. The zero-order chi connectivity index (χ0) is 17.2. The van der Waals surface area contributed by atoms with Gasteiger partial charge in [-0.05, 0) is 38.3 Å². The molecule has 1 heterocycles. The van der Waals surface area contributed by atoms with Gasteiger partial charge in [-0.25, -0.2) is 13.2 Å². The molecule has 1 N–H and O–H groups in total. The molecule has 0 unspecified atom stereocenters. The highest BCUT2D eigenvalue weighted by Crippen LogP contribution is 2.17. The lowest BCUT2D eigenvalue weighted by molar-refractivity contribution is -0.124. The Morgan fingerprint density at radius 1 is 1.22 bits per heavy atom. The molecule has 0 radical (unpaired) electrons. The normalized spacial score (nSPS) is 19.3. The smallest absolute Gasteiger partial charge is 0.339 e. The molecule has 0 saturated carbocycles. The summed E-state index contributed by atoms with van der Waals surface area (Å²) < 4.78 is 27.7. The number of hydrogen-bond donors (Lipinski definition) is 1. The van der Waals surface area contributed by atoms with E-state index >= 15 is 0 Å². The van der Waals surface area contributed by atoms with Crippen LogP contribution in [0.5, 0.6) is 0 Å². The number of benzene rings is 1. The van der Waals surface area contributed by atoms with E-state index in [9.17, 15) is 18.0 Å². The van der Waals surface area contributed by atoms with Crippen LogP contribution in [0.4, 0.5) is 0 Å². The van der Waals surface area contributed by atoms with Crippen LogP contribution in [0.1, 0.15) is 33.5 Å². The summed E-state index contributed by atoms with van der Waals surface area (Å²) >= 11 is 0. The second-order valence-corrected chi connectivity index (χ2v) is 8.25. The number of sulfone groups is 1. The first-order valence-electron chi connectivity index (χ1n) is 7.43.